The number of benzene rings is 2. The van der Waals surface area contributed by atoms with E-state index in [0.29, 0.717) is 33.9 Å². The molecule has 0 radical (unpaired) electrons. The number of carbonyl (C=O) groups excluding carboxylic acids is 1. The molecule has 5 rings (SSSR count). The molecule has 1 atom stereocenters. The second-order valence-electron chi connectivity index (χ2n) is 6.93. The predicted octanol–water partition coefficient (Wildman–Crippen LogP) is 4.61. The molecule has 150 valence electrons. The Kier molecular flexibility index (Phi) is 4.25. The molecule has 0 aliphatic carbocycles. The molecule has 0 unspecified atom stereocenters. The van der Waals surface area contributed by atoms with Crippen LogP contribution in [0.15, 0.2) is 66.7 Å². The van der Waals surface area contributed by atoms with Crippen molar-refractivity contribution in [3.8, 4) is 5.75 Å². The van der Waals surface area contributed by atoms with E-state index in [2.05, 4.69) is 21.1 Å². The van der Waals surface area contributed by atoms with E-state index in [9.17, 15) is 9.59 Å². The van der Waals surface area contributed by atoms with Gasteiger partial charge in [-0.25, -0.2) is 0 Å². The Morgan fingerprint density at radius 3 is 2.67 bits per heavy atom. The van der Waals surface area contributed by atoms with Crippen LogP contribution in [0, 0.1) is 6.92 Å². The summed E-state index contributed by atoms with van der Waals surface area (Å²) in [4.78, 5) is 28.4. The van der Waals surface area contributed by atoms with Gasteiger partial charge >= 0.3 is 0 Å². The van der Waals surface area contributed by atoms with E-state index in [-0.39, 0.29) is 16.8 Å². The van der Waals surface area contributed by atoms with E-state index in [0.717, 1.165) is 4.47 Å². The van der Waals surface area contributed by atoms with Gasteiger partial charge < -0.3 is 13.7 Å². The number of aromatic nitrogens is 1. The zero-order valence-electron chi connectivity index (χ0n) is 16.0. The first kappa shape index (κ1) is 18.6. The largest absolute Gasteiger partial charge is 0.496 e. The van der Waals surface area contributed by atoms with E-state index in [1.807, 2.05) is 18.2 Å². The van der Waals surface area contributed by atoms with Gasteiger partial charge in [-0.2, -0.15) is 0 Å². The van der Waals surface area contributed by atoms with Crippen molar-refractivity contribution < 1.29 is 18.5 Å². The highest BCUT2D eigenvalue weighted by Crippen LogP contribution is 2.43. The molecule has 1 amide bonds. The van der Waals surface area contributed by atoms with Crippen LogP contribution >= 0.6 is 15.9 Å². The summed E-state index contributed by atoms with van der Waals surface area (Å²) >= 11 is 3.39. The molecule has 0 fully saturated rings. The molecule has 0 bridgehead atoms. The lowest BCUT2D eigenvalue weighted by atomic mass is 9.97. The van der Waals surface area contributed by atoms with E-state index in [4.69, 9.17) is 13.7 Å². The maximum Gasteiger partial charge on any atom is 0.296 e. The number of para-hydroxylation sites is 1. The monoisotopic (exact) mass is 466 g/mol. The van der Waals surface area contributed by atoms with E-state index >= 15 is 0 Å². The maximum absolute atomic E-state index is 13.5. The van der Waals surface area contributed by atoms with Gasteiger partial charge in [0.1, 0.15) is 23.1 Å². The number of carbonyl (C=O) groups is 1. The van der Waals surface area contributed by atoms with Crippen molar-refractivity contribution in [3.63, 3.8) is 0 Å². The summed E-state index contributed by atoms with van der Waals surface area (Å²) in [5, 5.41) is 4.40. The molecule has 1 aliphatic rings. The van der Waals surface area contributed by atoms with Crippen molar-refractivity contribution in [1.82, 2.24) is 5.16 Å². The van der Waals surface area contributed by atoms with Gasteiger partial charge in [0, 0.05) is 16.1 Å². The average Bonchev–Trinajstić information content (AvgIpc) is 3.29. The highest BCUT2D eigenvalue weighted by atomic mass is 79.9. The van der Waals surface area contributed by atoms with Gasteiger partial charge in [0.2, 0.25) is 5.76 Å². The number of hydrogen-bond acceptors (Lipinski definition) is 6. The van der Waals surface area contributed by atoms with Gasteiger partial charge in [0.15, 0.2) is 11.2 Å². The average molecular weight is 467 g/mol. The fourth-order valence-corrected chi connectivity index (χ4v) is 4.20. The molecule has 0 saturated carbocycles. The van der Waals surface area contributed by atoms with Gasteiger partial charge in [-0.3, -0.25) is 14.5 Å². The molecule has 3 heterocycles. The third-order valence-electron chi connectivity index (χ3n) is 5.13. The van der Waals surface area contributed by atoms with E-state index in [1.54, 1.807) is 44.4 Å². The number of aryl methyl sites for hydroxylation is 1. The molecule has 7 nitrogen and oxygen atoms in total. The van der Waals surface area contributed by atoms with Gasteiger partial charge in [0.25, 0.3) is 5.91 Å². The third kappa shape index (κ3) is 2.68. The summed E-state index contributed by atoms with van der Waals surface area (Å²) in [5.41, 5.74) is 0.955. The topological polar surface area (TPSA) is 85.8 Å². The molecule has 0 saturated heterocycles. The summed E-state index contributed by atoms with van der Waals surface area (Å²) in [6.07, 6.45) is 0. The molecule has 0 spiro atoms. The molecule has 2 aromatic heterocycles. The van der Waals surface area contributed by atoms with Crippen LogP contribution in [0.4, 0.5) is 5.82 Å². The predicted molar refractivity (Wildman–Crippen MR) is 113 cm³/mol. The van der Waals surface area contributed by atoms with Crippen LogP contribution in [0.5, 0.6) is 5.75 Å². The van der Waals surface area contributed by atoms with Gasteiger partial charge in [-0.05, 0) is 31.2 Å². The number of fused-ring (bicyclic) bond motifs is 2. The first-order valence-electron chi connectivity index (χ1n) is 9.15. The van der Waals surface area contributed by atoms with Crippen molar-refractivity contribution in [1.29, 1.82) is 0 Å². The molecular weight excluding hydrogens is 452 g/mol. The number of hydrogen-bond donors (Lipinski definition) is 0. The lowest BCUT2D eigenvalue weighted by molar-refractivity contribution is 0.0969. The van der Waals surface area contributed by atoms with E-state index < -0.39 is 11.9 Å². The Balaban J connectivity index is 1.86. The summed E-state index contributed by atoms with van der Waals surface area (Å²) in [6, 6.07) is 13.2. The second kappa shape index (κ2) is 6.84. The highest BCUT2D eigenvalue weighted by molar-refractivity contribution is 9.10. The van der Waals surface area contributed by atoms with Crippen molar-refractivity contribution >= 4 is 38.6 Å². The zero-order chi connectivity index (χ0) is 21.0. The number of amides is 1. The Morgan fingerprint density at radius 2 is 1.93 bits per heavy atom. The molecular formula is C22H15BrN2O5. The Bertz CT molecular complexity index is 1370. The second-order valence-corrected chi connectivity index (χ2v) is 7.85. The fourth-order valence-electron chi connectivity index (χ4n) is 3.83. The van der Waals surface area contributed by atoms with Gasteiger partial charge in [-0.1, -0.05) is 39.3 Å². The number of halogens is 1. The van der Waals surface area contributed by atoms with Crippen LogP contribution in [0.25, 0.3) is 11.0 Å². The van der Waals surface area contributed by atoms with Crippen molar-refractivity contribution in [2.75, 3.05) is 12.0 Å². The maximum atomic E-state index is 13.5. The summed E-state index contributed by atoms with van der Waals surface area (Å²) < 4.78 is 17.4. The number of anilines is 1. The van der Waals surface area contributed by atoms with Crippen LogP contribution in [0.1, 0.15) is 33.5 Å². The Hall–Kier alpha value is -3.39. The van der Waals surface area contributed by atoms with Crippen molar-refractivity contribution in [2.24, 2.45) is 0 Å². The Morgan fingerprint density at radius 1 is 1.13 bits per heavy atom. The van der Waals surface area contributed by atoms with Gasteiger partial charge in [-0.15, -0.1) is 0 Å². The minimum Gasteiger partial charge on any atom is -0.496 e. The van der Waals surface area contributed by atoms with Crippen LogP contribution in [-0.4, -0.2) is 18.2 Å². The molecule has 1 aliphatic heterocycles. The van der Waals surface area contributed by atoms with Crippen molar-refractivity contribution in [2.45, 2.75) is 13.0 Å². The number of nitrogens with zero attached hydrogens (tertiary/aromatic N) is 2. The van der Waals surface area contributed by atoms with E-state index in [1.165, 1.54) is 4.90 Å². The minimum atomic E-state index is -0.771. The summed E-state index contributed by atoms with van der Waals surface area (Å²) in [6.45, 7) is 1.73. The third-order valence-corrected chi connectivity index (χ3v) is 5.62. The fraction of sp³-hybridized carbons (Fsp3) is 0.136. The first-order valence-corrected chi connectivity index (χ1v) is 9.95. The molecule has 0 N–H and O–H groups in total. The van der Waals surface area contributed by atoms with Crippen LogP contribution in [0.2, 0.25) is 0 Å². The lowest BCUT2D eigenvalue weighted by Crippen LogP contribution is -2.30. The Labute approximate surface area is 179 Å². The van der Waals surface area contributed by atoms with Crippen LogP contribution < -0.4 is 15.1 Å². The first-order chi connectivity index (χ1) is 14.5. The smallest absolute Gasteiger partial charge is 0.296 e. The highest BCUT2D eigenvalue weighted by Gasteiger charge is 2.45. The number of rotatable bonds is 3. The standard InChI is InChI=1S/C22H15BrN2O5/c1-11-9-17(24-30-11)25-19(13-5-3-4-6-15(13)28-2)18-20(26)14-10-12(23)7-8-16(14)29-21(18)22(25)27/h3-10,19H,1-2H3/t19-/m1/s1. The summed E-state index contributed by atoms with van der Waals surface area (Å²) in [5.74, 6) is 0.912. The molecule has 8 heteroatoms. The zero-order valence-corrected chi connectivity index (χ0v) is 17.6. The summed E-state index contributed by atoms with van der Waals surface area (Å²) in [7, 11) is 1.54. The van der Waals surface area contributed by atoms with Crippen LogP contribution in [0.3, 0.4) is 0 Å². The van der Waals surface area contributed by atoms with Crippen molar-refractivity contribution in [3.05, 3.63) is 85.9 Å². The molecule has 30 heavy (non-hydrogen) atoms. The SMILES string of the molecule is COc1ccccc1[C@@H]1c2c(oc3ccc(Br)cc3c2=O)C(=O)N1c1cc(C)on1. The van der Waals surface area contributed by atoms with Crippen LogP contribution in [-0.2, 0) is 0 Å². The number of ether oxygens (including phenoxy) is 1. The minimum absolute atomic E-state index is 0.00798. The molecule has 2 aromatic carbocycles. The number of methoxy groups -OCH3 is 1. The normalized spacial score (nSPS) is 15.6. The van der Waals surface area contributed by atoms with Gasteiger partial charge in [0.05, 0.1) is 18.1 Å². The lowest BCUT2D eigenvalue weighted by Gasteiger charge is -2.23. The molecule has 4 aromatic rings. The quantitative estimate of drug-likeness (QED) is 0.438.